The van der Waals surface area contributed by atoms with Gasteiger partial charge in [-0.2, -0.15) is 0 Å². The third-order valence-electron chi connectivity index (χ3n) is 2.64. The second-order valence-electron chi connectivity index (χ2n) is 4.49. The molecule has 168 valence electrons. The van der Waals surface area contributed by atoms with Crippen molar-refractivity contribution in [1.29, 1.82) is 0 Å². The molecule has 0 heterocycles. The third-order valence-corrected chi connectivity index (χ3v) is 2.64. The van der Waals surface area contributed by atoms with Gasteiger partial charge in [-0.25, -0.2) is 37.0 Å². The maximum atomic E-state index is 12.8. The largest absolute Gasteiger partial charge is 1.00 e. The number of nitro groups is 1. The van der Waals surface area contributed by atoms with Gasteiger partial charge in [0.1, 0.15) is 11.6 Å². The Morgan fingerprint density at radius 2 is 1.23 bits per heavy atom. The molecule has 6 N–H and O–H groups in total. The van der Waals surface area contributed by atoms with E-state index in [2.05, 4.69) is 0 Å². The molecule has 8 nitrogen and oxygen atoms in total. The summed E-state index contributed by atoms with van der Waals surface area (Å²) in [6.45, 7) is 0. The monoisotopic (exact) mass is 469 g/mol. The summed E-state index contributed by atoms with van der Waals surface area (Å²) in [6.07, 6.45) is 0.836. The van der Waals surface area contributed by atoms with Crippen LogP contribution < -0.4 is 35.0 Å². The summed E-state index contributed by atoms with van der Waals surface area (Å²) in [7, 11) is 1.56. The molecular formula is C16H16F6N2NaO6+. The first kappa shape index (κ1) is 36.1. The van der Waals surface area contributed by atoms with Gasteiger partial charge in [0.15, 0.2) is 29.6 Å². The molecule has 0 saturated heterocycles. The van der Waals surface area contributed by atoms with Crippen molar-refractivity contribution in [2.45, 2.75) is 0 Å². The first-order valence-corrected chi connectivity index (χ1v) is 7.06. The molecule has 0 bridgehead atoms. The fourth-order valence-electron chi connectivity index (χ4n) is 1.48. The van der Waals surface area contributed by atoms with Crippen molar-refractivity contribution < 1.29 is 87.3 Å². The molecule has 2 rings (SSSR count). The molecule has 0 fully saturated rings. The van der Waals surface area contributed by atoms with Crippen LogP contribution >= 0.6 is 0 Å². The molecule has 0 unspecified atom stereocenters. The van der Waals surface area contributed by atoms with Gasteiger partial charge in [0.05, 0.1) is 23.1 Å². The van der Waals surface area contributed by atoms with E-state index < -0.39 is 51.0 Å². The van der Waals surface area contributed by atoms with E-state index in [4.69, 9.17) is 5.21 Å². The number of nitrogens with two attached hydrogens (primary N) is 1. The maximum absolute atomic E-state index is 12.8. The van der Waals surface area contributed by atoms with Gasteiger partial charge in [0, 0.05) is 6.08 Å². The van der Waals surface area contributed by atoms with Crippen molar-refractivity contribution in [3.8, 4) is 0 Å². The fourth-order valence-corrected chi connectivity index (χ4v) is 1.48. The number of carbonyl (C=O) groups excluding carboxylic acids is 1. The summed E-state index contributed by atoms with van der Waals surface area (Å²) in [5.74, 6) is -7.48. The fraction of sp³-hybridized carbons (Fsp3) is 0.0625. The molecule has 0 aliphatic carbocycles. The van der Waals surface area contributed by atoms with Gasteiger partial charge in [-0.15, -0.1) is 0 Å². The Bertz CT molecular complexity index is 873. The predicted molar refractivity (Wildman–Crippen MR) is 89.2 cm³/mol. The molecule has 31 heavy (non-hydrogen) atoms. The molecule has 2 aromatic rings. The quantitative estimate of drug-likeness (QED) is 0.145. The number of quaternary nitrogens is 1. The Morgan fingerprint density at radius 1 is 0.903 bits per heavy atom. The van der Waals surface area contributed by atoms with E-state index >= 15 is 0 Å². The Labute approximate surface area is 193 Å². The van der Waals surface area contributed by atoms with E-state index in [1.807, 2.05) is 0 Å². The molecule has 0 spiro atoms. The summed E-state index contributed by atoms with van der Waals surface area (Å²) < 4.78 is 75.2. The van der Waals surface area contributed by atoms with Crippen LogP contribution in [0.4, 0.5) is 26.3 Å². The third kappa shape index (κ3) is 12.2. The number of hydrogen-bond acceptors (Lipinski definition) is 5. The Morgan fingerprint density at radius 3 is 1.55 bits per heavy atom. The average Bonchev–Trinajstić information content (AvgIpc) is 2.63. The van der Waals surface area contributed by atoms with Gasteiger partial charge in [-0.05, 0) is 24.3 Å². The van der Waals surface area contributed by atoms with Gasteiger partial charge >= 0.3 is 29.6 Å². The minimum atomic E-state index is -1.44. The number of halogens is 6. The average molecular weight is 469 g/mol. The SMILES string of the molecule is C[NH2+]O.O.O=Cc1c(F)ccc(F)c1F.O=[N+]([O-])/C=C/c1c(F)ccc(F)c1F.[Na+].[OH-]. The van der Waals surface area contributed by atoms with Crippen molar-refractivity contribution in [2.75, 3.05) is 7.05 Å². The molecule has 15 heteroatoms. The van der Waals surface area contributed by atoms with Crippen molar-refractivity contribution in [1.82, 2.24) is 0 Å². The number of nitrogens with zero attached hydrogens (tertiary/aromatic N) is 1. The van der Waals surface area contributed by atoms with Gasteiger partial charge < -0.3 is 11.0 Å². The molecule has 2 aromatic carbocycles. The number of hydrogen-bond donors (Lipinski definition) is 2. The van der Waals surface area contributed by atoms with Crippen LogP contribution in [0, 0.1) is 45.0 Å². The molecule has 0 amide bonds. The Kier molecular flexibility index (Phi) is 21.5. The molecule has 0 aliphatic heterocycles. The van der Waals surface area contributed by atoms with Gasteiger partial charge in [0.25, 0.3) is 0 Å². The minimum Gasteiger partial charge on any atom is -0.870 e. The van der Waals surface area contributed by atoms with Crippen LogP contribution in [0.3, 0.4) is 0 Å². The number of rotatable bonds is 3. The Balaban J connectivity index is -0.000000195. The summed E-state index contributed by atoms with van der Waals surface area (Å²) >= 11 is 0. The van der Waals surface area contributed by atoms with E-state index in [9.17, 15) is 41.3 Å². The summed E-state index contributed by atoms with van der Waals surface area (Å²) in [6, 6.07) is 2.62. The molecule has 0 aromatic heterocycles. The molecule has 0 aliphatic rings. The predicted octanol–water partition coefficient (Wildman–Crippen LogP) is -1.16. The van der Waals surface area contributed by atoms with E-state index in [1.54, 1.807) is 7.05 Å². The van der Waals surface area contributed by atoms with Crippen LogP contribution in [0.2, 0.25) is 0 Å². The number of carbonyl (C=O) groups is 1. The zero-order valence-electron chi connectivity index (χ0n) is 16.0. The van der Waals surface area contributed by atoms with Crippen LogP contribution in [-0.4, -0.2) is 34.4 Å². The van der Waals surface area contributed by atoms with Crippen LogP contribution in [-0.2, 0) is 0 Å². The zero-order valence-corrected chi connectivity index (χ0v) is 18.0. The summed E-state index contributed by atoms with van der Waals surface area (Å²) in [5.41, 5.74) is -0.633. The number of aldehydes is 1. The Hall–Kier alpha value is -2.33. The van der Waals surface area contributed by atoms with Gasteiger partial charge in [-0.1, -0.05) is 0 Å². The molecule has 0 radical (unpaired) electrons. The molecule has 0 atom stereocenters. The first-order chi connectivity index (χ1) is 13.1. The van der Waals surface area contributed by atoms with E-state index in [-0.39, 0.29) is 46.8 Å². The molecule has 0 saturated carbocycles. The van der Waals surface area contributed by atoms with Crippen molar-refractivity contribution in [2.24, 2.45) is 0 Å². The zero-order chi connectivity index (χ0) is 21.9. The van der Waals surface area contributed by atoms with Gasteiger partial charge in [0.2, 0.25) is 6.20 Å². The first-order valence-electron chi connectivity index (χ1n) is 7.06. The normalized spacial score (nSPS) is 8.90. The van der Waals surface area contributed by atoms with Crippen LogP contribution in [0.5, 0.6) is 0 Å². The number of hydroxylamine groups is 1. The minimum absolute atomic E-state index is 0. The van der Waals surface area contributed by atoms with Crippen LogP contribution in [0.15, 0.2) is 30.5 Å². The van der Waals surface area contributed by atoms with Crippen LogP contribution in [0.25, 0.3) is 6.08 Å². The summed E-state index contributed by atoms with van der Waals surface area (Å²) in [5, 5.41) is 17.3. The second-order valence-corrected chi connectivity index (χ2v) is 4.49. The van der Waals surface area contributed by atoms with Crippen molar-refractivity contribution >= 4 is 12.4 Å². The van der Waals surface area contributed by atoms with Crippen molar-refractivity contribution in [3.05, 3.63) is 86.6 Å². The van der Waals surface area contributed by atoms with Gasteiger partial charge in [-0.3, -0.25) is 14.9 Å². The van der Waals surface area contributed by atoms with Crippen LogP contribution in [0.1, 0.15) is 15.9 Å². The van der Waals surface area contributed by atoms with E-state index in [0.29, 0.717) is 36.5 Å². The smallest absolute Gasteiger partial charge is 0.870 e. The number of benzene rings is 2. The standard InChI is InChI=1S/C8H4F3NO2.C7H3F3O.CH5NO.Na.2H2O/c9-6-1-2-7(10)8(11)5(6)3-4-12(13)14;8-5-1-2-6(9)7(10)4(5)3-11;1-2-3;;;/h1-4H;1-3H;2-3H,1H3;;2*1H2/q;;;+1;;/b4-3+;;;;;. The molecular weight excluding hydrogens is 453 g/mol. The maximum Gasteiger partial charge on any atom is 1.00 e. The van der Waals surface area contributed by atoms with Crippen molar-refractivity contribution in [3.63, 3.8) is 0 Å². The second kappa shape index (κ2) is 18.4. The van der Waals surface area contributed by atoms with E-state index in [0.717, 1.165) is 5.48 Å². The summed E-state index contributed by atoms with van der Waals surface area (Å²) in [4.78, 5) is 18.9. The van der Waals surface area contributed by atoms with E-state index in [1.165, 1.54) is 0 Å². The topological polar surface area (TPSA) is 159 Å².